The van der Waals surface area contributed by atoms with E-state index in [4.69, 9.17) is 4.42 Å². The normalized spacial score (nSPS) is 17.2. The molecule has 128 valence electrons. The molecule has 1 aliphatic heterocycles. The van der Waals surface area contributed by atoms with E-state index in [2.05, 4.69) is 10.3 Å². The average molecular weight is 355 g/mol. The van der Waals surface area contributed by atoms with Gasteiger partial charge in [-0.3, -0.25) is 9.59 Å². The summed E-state index contributed by atoms with van der Waals surface area (Å²) in [5, 5.41) is 3.92. The summed E-state index contributed by atoms with van der Waals surface area (Å²) in [6.07, 6.45) is 2.92. The predicted molar refractivity (Wildman–Crippen MR) is 95.8 cm³/mol. The van der Waals surface area contributed by atoms with Crippen LogP contribution in [0, 0.1) is 6.92 Å². The lowest BCUT2D eigenvalue weighted by atomic mass is 10.2. The third-order valence-corrected chi connectivity index (χ3v) is 5.24. The largest absolute Gasteiger partial charge is 0.459 e. The monoisotopic (exact) mass is 355 g/mol. The highest BCUT2D eigenvalue weighted by Gasteiger charge is 2.35. The van der Waals surface area contributed by atoms with Crippen LogP contribution >= 0.6 is 11.3 Å². The Labute approximate surface area is 148 Å². The third-order valence-electron chi connectivity index (χ3n) is 4.31. The number of nitrogens with one attached hydrogen (secondary N) is 1. The quantitative estimate of drug-likeness (QED) is 0.781. The average Bonchev–Trinajstić information content (AvgIpc) is 3.33. The number of thiazole rings is 1. The molecule has 0 radical (unpaired) electrons. The molecule has 1 fully saturated rings. The topological polar surface area (TPSA) is 75.4 Å². The van der Waals surface area contributed by atoms with Gasteiger partial charge < -0.3 is 14.6 Å². The van der Waals surface area contributed by atoms with E-state index in [1.165, 1.54) is 6.26 Å². The van der Waals surface area contributed by atoms with Crippen molar-refractivity contribution >= 4 is 39.1 Å². The maximum Gasteiger partial charge on any atom is 0.290 e. The number of fused-ring (bicyclic) bond motifs is 1. The van der Waals surface area contributed by atoms with Crippen molar-refractivity contribution in [2.45, 2.75) is 25.8 Å². The second kappa shape index (κ2) is 6.33. The molecule has 6 nitrogen and oxygen atoms in total. The summed E-state index contributed by atoms with van der Waals surface area (Å²) >= 11 is 1.59. The number of rotatable bonds is 3. The standard InChI is InChI=1S/C18H17N3O3S/c1-11-19-13-7-6-12(10-16(13)25-11)20-17(22)14-4-2-8-21(14)18(23)15-5-3-9-24-15/h3,5-7,9-10,14H,2,4,8H2,1H3,(H,20,22). The first-order valence-corrected chi connectivity index (χ1v) is 8.96. The van der Waals surface area contributed by atoms with Gasteiger partial charge in [0.15, 0.2) is 5.76 Å². The molecule has 4 rings (SSSR count). The van der Waals surface area contributed by atoms with E-state index in [1.807, 2.05) is 25.1 Å². The summed E-state index contributed by atoms with van der Waals surface area (Å²) in [4.78, 5) is 31.2. The Morgan fingerprint density at radius 2 is 2.24 bits per heavy atom. The van der Waals surface area contributed by atoms with Crippen LogP contribution in [-0.2, 0) is 4.79 Å². The Morgan fingerprint density at radius 1 is 1.36 bits per heavy atom. The number of amides is 2. The predicted octanol–water partition coefficient (Wildman–Crippen LogP) is 3.44. The molecule has 0 spiro atoms. The molecule has 25 heavy (non-hydrogen) atoms. The molecule has 2 aromatic heterocycles. The zero-order valence-corrected chi connectivity index (χ0v) is 14.5. The van der Waals surface area contributed by atoms with Gasteiger partial charge >= 0.3 is 0 Å². The summed E-state index contributed by atoms with van der Waals surface area (Å²) in [5.41, 5.74) is 1.65. The fourth-order valence-corrected chi connectivity index (χ4v) is 4.03. The summed E-state index contributed by atoms with van der Waals surface area (Å²) in [6, 6.07) is 8.48. The number of anilines is 1. The summed E-state index contributed by atoms with van der Waals surface area (Å²) in [5.74, 6) is -0.143. The lowest BCUT2D eigenvalue weighted by Crippen LogP contribution is -2.43. The van der Waals surface area contributed by atoms with Gasteiger partial charge in [0.1, 0.15) is 6.04 Å². The number of likely N-dealkylation sites (tertiary alicyclic amines) is 1. The number of carbonyl (C=O) groups excluding carboxylic acids is 2. The minimum atomic E-state index is -0.475. The van der Waals surface area contributed by atoms with Crippen LogP contribution in [0.3, 0.4) is 0 Å². The molecule has 3 aromatic rings. The maximum atomic E-state index is 12.7. The van der Waals surface area contributed by atoms with E-state index in [0.717, 1.165) is 27.3 Å². The highest BCUT2D eigenvalue weighted by atomic mass is 32.1. The summed E-state index contributed by atoms with van der Waals surface area (Å²) in [7, 11) is 0. The van der Waals surface area contributed by atoms with Gasteiger partial charge in [0.25, 0.3) is 5.91 Å². The molecule has 1 saturated heterocycles. The Kier molecular flexibility index (Phi) is 4.01. The molecular weight excluding hydrogens is 338 g/mol. The Balaban J connectivity index is 1.51. The van der Waals surface area contributed by atoms with E-state index in [9.17, 15) is 9.59 Å². The molecule has 1 N–H and O–H groups in total. The van der Waals surface area contributed by atoms with Gasteiger partial charge in [0.2, 0.25) is 5.91 Å². The molecule has 0 saturated carbocycles. The molecule has 3 heterocycles. The van der Waals surface area contributed by atoms with Crippen LogP contribution in [0.15, 0.2) is 41.0 Å². The van der Waals surface area contributed by atoms with Gasteiger partial charge in [-0.1, -0.05) is 0 Å². The van der Waals surface area contributed by atoms with Gasteiger partial charge in [0.05, 0.1) is 21.5 Å². The maximum absolute atomic E-state index is 12.7. The van der Waals surface area contributed by atoms with Crippen LogP contribution < -0.4 is 5.32 Å². The number of hydrogen-bond donors (Lipinski definition) is 1. The van der Waals surface area contributed by atoms with E-state index >= 15 is 0 Å². The van der Waals surface area contributed by atoms with Crippen molar-refractivity contribution in [1.29, 1.82) is 0 Å². The second-order valence-corrected chi connectivity index (χ2v) is 7.27. The van der Waals surface area contributed by atoms with Gasteiger partial charge in [-0.25, -0.2) is 4.98 Å². The number of aryl methyl sites for hydroxylation is 1. The van der Waals surface area contributed by atoms with Crippen LogP contribution in [0.4, 0.5) is 5.69 Å². The van der Waals surface area contributed by atoms with Gasteiger partial charge in [0, 0.05) is 12.2 Å². The van der Waals surface area contributed by atoms with Crippen molar-refractivity contribution in [2.24, 2.45) is 0 Å². The van der Waals surface area contributed by atoms with Crippen molar-refractivity contribution in [3.8, 4) is 0 Å². The van der Waals surface area contributed by atoms with Crippen LogP contribution in [0.25, 0.3) is 10.2 Å². The molecule has 2 amide bonds. The van der Waals surface area contributed by atoms with Crippen LogP contribution in [0.1, 0.15) is 28.4 Å². The molecule has 0 bridgehead atoms. The molecular formula is C18H17N3O3S. The molecule has 0 aliphatic carbocycles. The molecule has 1 aromatic carbocycles. The van der Waals surface area contributed by atoms with Crippen molar-refractivity contribution in [2.75, 3.05) is 11.9 Å². The van der Waals surface area contributed by atoms with Crippen LogP contribution in [0.5, 0.6) is 0 Å². The molecule has 7 heteroatoms. The van der Waals surface area contributed by atoms with Crippen molar-refractivity contribution in [3.63, 3.8) is 0 Å². The fourth-order valence-electron chi connectivity index (χ4n) is 3.17. The van der Waals surface area contributed by atoms with Crippen molar-refractivity contribution in [3.05, 3.63) is 47.4 Å². The lowest BCUT2D eigenvalue weighted by Gasteiger charge is -2.23. The first-order chi connectivity index (χ1) is 12.1. The number of benzene rings is 1. The lowest BCUT2D eigenvalue weighted by molar-refractivity contribution is -0.119. The molecule has 1 atom stereocenters. The molecule has 1 aliphatic rings. The smallest absolute Gasteiger partial charge is 0.290 e. The van der Waals surface area contributed by atoms with E-state index in [0.29, 0.717) is 13.0 Å². The summed E-state index contributed by atoms with van der Waals surface area (Å²) in [6.45, 7) is 2.52. The number of hydrogen-bond acceptors (Lipinski definition) is 5. The van der Waals surface area contributed by atoms with Crippen LogP contribution in [-0.4, -0.2) is 34.3 Å². The summed E-state index contributed by atoms with van der Waals surface area (Å²) < 4.78 is 6.21. The van der Waals surface area contributed by atoms with Crippen molar-refractivity contribution < 1.29 is 14.0 Å². The minimum Gasteiger partial charge on any atom is -0.459 e. The van der Waals surface area contributed by atoms with Crippen LogP contribution in [0.2, 0.25) is 0 Å². The number of nitrogens with zero attached hydrogens (tertiary/aromatic N) is 2. The Bertz CT molecular complexity index is 932. The first kappa shape index (κ1) is 15.8. The van der Waals surface area contributed by atoms with E-state index in [1.54, 1.807) is 28.4 Å². The first-order valence-electron chi connectivity index (χ1n) is 8.14. The Morgan fingerprint density at radius 3 is 3.04 bits per heavy atom. The Hall–Kier alpha value is -2.67. The van der Waals surface area contributed by atoms with Gasteiger partial charge in [-0.15, -0.1) is 11.3 Å². The number of aromatic nitrogens is 1. The van der Waals surface area contributed by atoms with Gasteiger partial charge in [-0.2, -0.15) is 0 Å². The highest BCUT2D eigenvalue weighted by molar-refractivity contribution is 7.18. The second-order valence-electron chi connectivity index (χ2n) is 6.04. The highest BCUT2D eigenvalue weighted by Crippen LogP contribution is 2.26. The molecule has 1 unspecified atom stereocenters. The zero-order chi connectivity index (χ0) is 17.4. The zero-order valence-electron chi connectivity index (χ0n) is 13.7. The van der Waals surface area contributed by atoms with E-state index < -0.39 is 6.04 Å². The fraction of sp³-hybridized carbons (Fsp3) is 0.278. The number of furan rings is 1. The third kappa shape index (κ3) is 3.02. The van der Waals surface area contributed by atoms with Crippen molar-refractivity contribution in [1.82, 2.24) is 9.88 Å². The number of carbonyl (C=O) groups is 2. The minimum absolute atomic E-state index is 0.169. The van der Waals surface area contributed by atoms with E-state index in [-0.39, 0.29) is 17.6 Å². The SMILES string of the molecule is Cc1nc2ccc(NC(=O)C3CCCN3C(=O)c3ccco3)cc2s1. The van der Waals surface area contributed by atoms with Gasteiger partial charge in [-0.05, 0) is 50.1 Å².